The summed E-state index contributed by atoms with van der Waals surface area (Å²) in [5.41, 5.74) is 0.800. The third-order valence-corrected chi connectivity index (χ3v) is 4.12. The molecule has 0 aromatic heterocycles. The highest BCUT2D eigenvalue weighted by Gasteiger charge is 2.34. The topological polar surface area (TPSA) is 43.4 Å². The number of sulfone groups is 1. The zero-order chi connectivity index (χ0) is 10.2. The van der Waals surface area contributed by atoms with E-state index in [1.807, 2.05) is 19.1 Å². The minimum absolute atomic E-state index is 0.0835. The first-order valence-corrected chi connectivity index (χ1v) is 6.23. The Hall–Kier alpha value is -0.870. The third-order valence-electron chi connectivity index (χ3n) is 2.34. The van der Waals surface area contributed by atoms with Crippen molar-refractivity contribution in [1.29, 1.82) is 0 Å². The maximum Gasteiger partial charge on any atom is 0.181 e. The van der Waals surface area contributed by atoms with E-state index in [1.165, 1.54) is 0 Å². The van der Waals surface area contributed by atoms with Gasteiger partial charge in [-0.3, -0.25) is 0 Å². The van der Waals surface area contributed by atoms with E-state index in [-0.39, 0.29) is 11.9 Å². The lowest BCUT2D eigenvalue weighted by atomic mass is 10.1. The number of ether oxygens (including phenoxy) is 1. The number of fused-ring (bicyclic) bond motifs is 1. The van der Waals surface area contributed by atoms with Crippen LogP contribution in [0.25, 0.3) is 0 Å². The van der Waals surface area contributed by atoms with Crippen LogP contribution in [0.15, 0.2) is 29.2 Å². The monoisotopic (exact) mass is 212 g/mol. The van der Waals surface area contributed by atoms with Crippen molar-refractivity contribution in [3.63, 3.8) is 0 Å². The molecule has 2 rings (SSSR count). The Morgan fingerprint density at radius 1 is 1.43 bits per heavy atom. The molecule has 1 unspecified atom stereocenters. The third kappa shape index (κ3) is 1.44. The van der Waals surface area contributed by atoms with E-state index in [0.29, 0.717) is 11.5 Å². The molecule has 1 aliphatic rings. The summed E-state index contributed by atoms with van der Waals surface area (Å²) in [6, 6.07) is 7.04. The molecular formula is C10H12O3S. The van der Waals surface area contributed by atoms with Gasteiger partial charge in [-0.1, -0.05) is 18.2 Å². The molecule has 0 aliphatic carbocycles. The van der Waals surface area contributed by atoms with Gasteiger partial charge in [0.05, 0.1) is 16.8 Å². The second-order valence-electron chi connectivity index (χ2n) is 3.26. The molecular weight excluding hydrogens is 200 g/mol. The predicted octanol–water partition coefficient (Wildman–Crippen LogP) is 1.55. The van der Waals surface area contributed by atoms with Gasteiger partial charge in [-0.05, 0) is 13.0 Å². The number of hydrogen-bond acceptors (Lipinski definition) is 3. The number of hydrogen-bond donors (Lipinski definition) is 0. The Kier molecular flexibility index (Phi) is 2.33. The lowest BCUT2D eigenvalue weighted by molar-refractivity contribution is 0.0800. The van der Waals surface area contributed by atoms with E-state index >= 15 is 0 Å². The second kappa shape index (κ2) is 3.37. The van der Waals surface area contributed by atoms with Crippen LogP contribution in [0.4, 0.5) is 0 Å². The Morgan fingerprint density at radius 3 is 2.86 bits per heavy atom. The highest BCUT2D eigenvalue weighted by Crippen LogP contribution is 2.35. The Morgan fingerprint density at radius 2 is 2.14 bits per heavy atom. The van der Waals surface area contributed by atoms with Crippen LogP contribution in [0, 0.1) is 0 Å². The van der Waals surface area contributed by atoms with Gasteiger partial charge in [-0.15, -0.1) is 0 Å². The van der Waals surface area contributed by atoms with E-state index in [9.17, 15) is 8.42 Å². The van der Waals surface area contributed by atoms with E-state index in [1.54, 1.807) is 12.1 Å². The molecule has 14 heavy (non-hydrogen) atoms. The lowest BCUT2D eigenvalue weighted by Gasteiger charge is -2.08. The van der Waals surface area contributed by atoms with E-state index in [4.69, 9.17) is 4.74 Å². The minimum Gasteiger partial charge on any atom is -0.373 e. The van der Waals surface area contributed by atoms with E-state index in [2.05, 4.69) is 0 Å². The van der Waals surface area contributed by atoms with Crippen molar-refractivity contribution < 1.29 is 13.2 Å². The minimum atomic E-state index is -3.10. The Bertz CT molecular complexity index is 436. The zero-order valence-corrected chi connectivity index (χ0v) is 8.75. The molecule has 1 atom stereocenters. The molecule has 1 aliphatic heterocycles. The predicted molar refractivity (Wildman–Crippen MR) is 52.9 cm³/mol. The van der Waals surface area contributed by atoms with Crippen LogP contribution in [0.3, 0.4) is 0 Å². The van der Waals surface area contributed by atoms with Crippen LogP contribution in [0.5, 0.6) is 0 Å². The van der Waals surface area contributed by atoms with Crippen molar-refractivity contribution in [3.8, 4) is 0 Å². The van der Waals surface area contributed by atoms with Crippen LogP contribution in [-0.4, -0.2) is 20.8 Å². The van der Waals surface area contributed by atoms with Crippen molar-refractivity contribution in [2.75, 3.05) is 12.4 Å². The second-order valence-corrected chi connectivity index (χ2v) is 5.27. The standard InChI is InChI=1S/C10H12O3S/c1-2-13-9-7-14(11,12)10-6-4-3-5-8(9)10/h3-6,9H,2,7H2,1H3. The summed E-state index contributed by atoms with van der Waals surface area (Å²) in [5.74, 6) is 0.0835. The van der Waals surface area contributed by atoms with Gasteiger partial charge in [0.15, 0.2) is 9.84 Å². The molecule has 0 radical (unpaired) electrons. The van der Waals surface area contributed by atoms with Gasteiger partial charge in [0.25, 0.3) is 0 Å². The van der Waals surface area contributed by atoms with Gasteiger partial charge in [0.2, 0.25) is 0 Å². The molecule has 76 valence electrons. The van der Waals surface area contributed by atoms with Crippen molar-refractivity contribution >= 4 is 9.84 Å². The molecule has 1 heterocycles. The average Bonchev–Trinajstić information content (AvgIpc) is 2.41. The summed E-state index contributed by atoms with van der Waals surface area (Å²) >= 11 is 0. The highest BCUT2D eigenvalue weighted by atomic mass is 32.2. The smallest absolute Gasteiger partial charge is 0.181 e. The van der Waals surface area contributed by atoms with Gasteiger partial charge in [0, 0.05) is 12.2 Å². The summed E-state index contributed by atoms with van der Waals surface area (Å²) in [6.07, 6.45) is -0.277. The van der Waals surface area contributed by atoms with Gasteiger partial charge in [0.1, 0.15) is 0 Å². The summed E-state index contributed by atoms with van der Waals surface area (Å²) in [7, 11) is -3.10. The van der Waals surface area contributed by atoms with Gasteiger partial charge < -0.3 is 4.74 Å². The average molecular weight is 212 g/mol. The van der Waals surface area contributed by atoms with Gasteiger partial charge in [-0.2, -0.15) is 0 Å². The van der Waals surface area contributed by atoms with Crippen molar-refractivity contribution in [2.45, 2.75) is 17.9 Å². The van der Waals surface area contributed by atoms with Crippen LogP contribution >= 0.6 is 0 Å². The first-order chi connectivity index (χ1) is 6.65. The molecule has 0 amide bonds. The summed E-state index contributed by atoms with van der Waals surface area (Å²) in [5, 5.41) is 0. The molecule has 0 N–H and O–H groups in total. The maximum absolute atomic E-state index is 11.7. The maximum atomic E-state index is 11.7. The lowest BCUT2D eigenvalue weighted by Crippen LogP contribution is -2.06. The van der Waals surface area contributed by atoms with Gasteiger partial charge >= 0.3 is 0 Å². The first kappa shape index (κ1) is 9.68. The number of benzene rings is 1. The van der Waals surface area contributed by atoms with Gasteiger partial charge in [-0.25, -0.2) is 8.42 Å². The summed E-state index contributed by atoms with van der Waals surface area (Å²) < 4.78 is 28.7. The summed E-state index contributed by atoms with van der Waals surface area (Å²) in [6.45, 7) is 2.40. The molecule has 0 spiro atoms. The van der Waals surface area contributed by atoms with E-state index in [0.717, 1.165) is 5.56 Å². The first-order valence-electron chi connectivity index (χ1n) is 4.58. The largest absolute Gasteiger partial charge is 0.373 e. The fraction of sp³-hybridized carbons (Fsp3) is 0.400. The SMILES string of the molecule is CCOC1CS(=O)(=O)c2ccccc21. The molecule has 4 heteroatoms. The molecule has 0 saturated heterocycles. The van der Waals surface area contributed by atoms with Crippen LogP contribution in [-0.2, 0) is 14.6 Å². The molecule has 1 aromatic rings. The molecule has 0 bridgehead atoms. The number of rotatable bonds is 2. The van der Waals surface area contributed by atoms with Crippen molar-refractivity contribution in [3.05, 3.63) is 29.8 Å². The normalized spacial score (nSPS) is 23.4. The van der Waals surface area contributed by atoms with E-state index < -0.39 is 9.84 Å². The summed E-state index contributed by atoms with van der Waals surface area (Å²) in [4.78, 5) is 0.429. The highest BCUT2D eigenvalue weighted by molar-refractivity contribution is 7.91. The Balaban J connectivity index is 2.50. The zero-order valence-electron chi connectivity index (χ0n) is 7.93. The fourth-order valence-electron chi connectivity index (χ4n) is 1.75. The fourth-order valence-corrected chi connectivity index (χ4v) is 3.45. The van der Waals surface area contributed by atoms with Crippen molar-refractivity contribution in [1.82, 2.24) is 0 Å². The van der Waals surface area contributed by atoms with Crippen LogP contribution < -0.4 is 0 Å². The Labute approximate surface area is 83.6 Å². The molecule has 0 saturated carbocycles. The molecule has 1 aromatic carbocycles. The quantitative estimate of drug-likeness (QED) is 0.747. The van der Waals surface area contributed by atoms with Crippen LogP contribution in [0.1, 0.15) is 18.6 Å². The molecule has 0 fully saturated rings. The van der Waals surface area contributed by atoms with Crippen molar-refractivity contribution in [2.24, 2.45) is 0 Å². The molecule has 3 nitrogen and oxygen atoms in total. The van der Waals surface area contributed by atoms with Crippen LogP contribution in [0.2, 0.25) is 0 Å².